The van der Waals surface area contributed by atoms with Crippen molar-refractivity contribution in [3.63, 3.8) is 0 Å². The summed E-state index contributed by atoms with van der Waals surface area (Å²) in [7, 11) is 0. The van der Waals surface area contributed by atoms with E-state index in [2.05, 4.69) is 20.8 Å². The highest BCUT2D eigenvalue weighted by molar-refractivity contribution is 7.99. The molecule has 0 saturated heterocycles. The molecule has 150 valence electrons. The zero-order valence-electron chi connectivity index (χ0n) is 16.5. The maximum atomic E-state index is 12.4. The Morgan fingerprint density at radius 3 is 2.48 bits per heavy atom. The molecule has 0 atom stereocenters. The number of carbonyl (C=O) groups excluding carboxylic acids is 1. The Labute approximate surface area is 171 Å². The standard InChI is InChI=1S/C19H20N6O3S/c1-11-5-6-15(7-12(11)2)24-19(21-22-23-24)29-10-18(26)20-16-8-13(3)14(4)9-17(16)25(27)28/h5-9H,10H2,1-4H3,(H,20,26). The van der Waals surface area contributed by atoms with E-state index in [1.54, 1.807) is 17.7 Å². The molecule has 0 fully saturated rings. The monoisotopic (exact) mass is 412 g/mol. The van der Waals surface area contributed by atoms with Gasteiger partial charge in [0.25, 0.3) is 5.69 Å². The van der Waals surface area contributed by atoms with E-state index in [-0.39, 0.29) is 23.0 Å². The van der Waals surface area contributed by atoms with Crippen LogP contribution in [0, 0.1) is 37.8 Å². The van der Waals surface area contributed by atoms with Crippen molar-refractivity contribution in [1.29, 1.82) is 0 Å². The number of hydrogen-bond acceptors (Lipinski definition) is 7. The lowest BCUT2D eigenvalue weighted by molar-refractivity contribution is -0.384. The zero-order chi connectivity index (χ0) is 21.1. The molecule has 1 N–H and O–H groups in total. The fourth-order valence-corrected chi connectivity index (χ4v) is 3.35. The van der Waals surface area contributed by atoms with E-state index in [0.717, 1.165) is 39.7 Å². The topological polar surface area (TPSA) is 116 Å². The van der Waals surface area contributed by atoms with Gasteiger partial charge in [0.2, 0.25) is 11.1 Å². The highest BCUT2D eigenvalue weighted by Gasteiger charge is 2.18. The molecule has 29 heavy (non-hydrogen) atoms. The van der Waals surface area contributed by atoms with Gasteiger partial charge in [0.05, 0.1) is 16.4 Å². The molecule has 1 heterocycles. The third-order valence-electron chi connectivity index (χ3n) is 4.59. The number of nitrogens with one attached hydrogen (secondary N) is 1. The van der Waals surface area contributed by atoms with Crippen LogP contribution in [-0.2, 0) is 4.79 Å². The highest BCUT2D eigenvalue weighted by Crippen LogP contribution is 2.28. The fraction of sp³-hybridized carbons (Fsp3) is 0.263. The third kappa shape index (κ3) is 4.60. The number of amides is 1. The molecular formula is C19H20N6O3S. The zero-order valence-corrected chi connectivity index (χ0v) is 17.3. The van der Waals surface area contributed by atoms with Crippen molar-refractivity contribution in [2.24, 2.45) is 0 Å². The van der Waals surface area contributed by atoms with Crippen molar-refractivity contribution in [3.8, 4) is 5.69 Å². The summed E-state index contributed by atoms with van der Waals surface area (Å²) in [4.78, 5) is 23.2. The van der Waals surface area contributed by atoms with Crippen molar-refractivity contribution < 1.29 is 9.72 Å². The van der Waals surface area contributed by atoms with Gasteiger partial charge >= 0.3 is 0 Å². The summed E-state index contributed by atoms with van der Waals surface area (Å²) in [6, 6.07) is 8.91. The summed E-state index contributed by atoms with van der Waals surface area (Å²) in [6.45, 7) is 7.64. The molecule has 0 bridgehead atoms. The molecule has 3 rings (SSSR count). The molecule has 0 aliphatic carbocycles. The molecule has 0 spiro atoms. The molecule has 0 aliphatic rings. The van der Waals surface area contributed by atoms with Crippen LogP contribution in [0.5, 0.6) is 0 Å². The number of nitro groups is 1. The minimum absolute atomic E-state index is 0.00922. The number of nitro benzene ring substituents is 1. The maximum absolute atomic E-state index is 12.4. The lowest BCUT2D eigenvalue weighted by atomic mass is 10.1. The fourth-order valence-electron chi connectivity index (χ4n) is 2.66. The highest BCUT2D eigenvalue weighted by atomic mass is 32.2. The van der Waals surface area contributed by atoms with Gasteiger partial charge in [-0.15, -0.1) is 5.10 Å². The van der Waals surface area contributed by atoms with Crippen LogP contribution in [0.1, 0.15) is 22.3 Å². The molecule has 0 unspecified atom stereocenters. The van der Waals surface area contributed by atoms with Gasteiger partial charge < -0.3 is 5.32 Å². The van der Waals surface area contributed by atoms with Gasteiger partial charge in [-0.25, -0.2) is 0 Å². The number of thioether (sulfide) groups is 1. The van der Waals surface area contributed by atoms with Crippen LogP contribution in [0.2, 0.25) is 0 Å². The first-order chi connectivity index (χ1) is 13.8. The first-order valence-electron chi connectivity index (χ1n) is 8.80. The Morgan fingerprint density at radius 2 is 1.79 bits per heavy atom. The van der Waals surface area contributed by atoms with Gasteiger partial charge in [-0.2, -0.15) is 4.68 Å². The van der Waals surface area contributed by atoms with Crippen LogP contribution < -0.4 is 5.32 Å². The molecule has 3 aromatic rings. The van der Waals surface area contributed by atoms with Gasteiger partial charge in [-0.05, 0) is 78.6 Å². The van der Waals surface area contributed by atoms with Crippen molar-refractivity contribution in [2.45, 2.75) is 32.9 Å². The van der Waals surface area contributed by atoms with Crippen molar-refractivity contribution in [1.82, 2.24) is 20.2 Å². The first kappa shape index (κ1) is 20.5. The summed E-state index contributed by atoms with van der Waals surface area (Å²) in [5, 5.41) is 26.0. The van der Waals surface area contributed by atoms with E-state index in [1.807, 2.05) is 39.0 Å². The smallest absolute Gasteiger partial charge is 0.293 e. The van der Waals surface area contributed by atoms with Crippen molar-refractivity contribution >= 4 is 29.0 Å². The first-order valence-corrected chi connectivity index (χ1v) is 9.79. The minimum Gasteiger partial charge on any atom is -0.320 e. The summed E-state index contributed by atoms with van der Waals surface area (Å²) < 4.78 is 1.56. The number of rotatable bonds is 6. The Balaban J connectivity index is 1.73. The molecule has 0 saturated carbocycles. The van der Waals surface area contributed by atoms with Crippen LogP contribution in [0.3, 0.4) is 0 Å². The predicted molar refractivity (Wildman–Crippen MR) is 111 cm³/mol. The SMILES string of the molecule is Cc1ccc(-n2nnnc2SCC(=O)Nc2cc(C)c(C)cc2[N+](=O)[O-])cc1C. The van der Waals surface area contributed by atoms with Crippen molar-refractivity contribution in [3.05, 3.63) is 62.7 Å². The van der Waals surface area contributed by atoms with Crippen LogP contribution in [0.25, 0.3) is 5.69 Å². The second-order valence-corrected chi connectivity index (χ2v) is 7.63. The van der Waals surface area contributed by atoms with E-state index in [0.29, 0.717) is 5.16 Å². The molecular weight excluding hydrogens is 392 g/mol. The Bertz CT molecular complexity index is 1100. The average molecular weight is 412 g/mol. The Hall–Kier alpha value is -3.27. The largest absolute Gasteiger partial charge is 0.320 e. The summed E-state index contributed by atoms with van der Waals surface area (Å²) in [6.07, 6.45) is 0. The lowest BCUT2D eigenvalue weighted by Crippen LogP contribution is -2.16. The quantitative estimate of drug-likeness (QED) is 0.374. The molecule has 1 aromatic heterocycles. The van der Waals surface area contributed by atoms with Crippen LogP contribution in [-0.4, -0.2) is 36.8 Å². The van der Waals surface area contributed by atoms with Gasteiger partial charge in [0.1, 0.15) is 5.69 Å². The number of nitrogens with zero attached hydrogens (tertiary/aromatic N) is 5. The van der Waals surface area contributed by atoms with Crippen LogP contribution >= 0.6 is 11.8 Å². The van der Waals surface area contributed by atoms with E-state index < -0.39 is 4.92 Å². The summed E-state index contributed by atoms with van der Waals surface area (Å²) in [5.74, 6) is -0.369. The Kier molecular flexibility index (Phi) is 5.92. The third-order valence-corrected chi connectivity index (χ3v) is 5.51. The molecule has 1 amide bonds. The number of anilines is 1. The van der Waals surface area contributed by atoms with Crippen LogP contribution in [0.15, 0.2) is 35.5 Å². The Morgan fingerprint density at radius 1 is 1.10 bits per heavy atom. The molecule has 2 aromatic carbocycles. The van der Waals surface area contributed by atoms with Gasteiger partial charge in [0.15, 0.2) is 0 Å². The number of aromatic nitrogens is 4. The van der Waals surface area contributed by atoms with Crippen molar-refractivity contribution in [2.75, 3.05) is 11.1 Å². The molecule has 0 aliphatic heterocycles. The second kappa shape index (κ2) is 8.39. The van der Waals surface area contributed by atoms with E-state index in [4.69, 9.17) is 0 Å². The molecule has 10 heteroatoms. The predicted octanol–water partition coefficient (Wildman–Crippen LogP) is 3.53. The normalized spacial score (nSPS) is 10.8. The molecule has 9 nitrogen and oxygen atoms in total. The number of tetrazole rings is 1. The number of carbonyl (C=O) groups is 1. The molecule has 0 radical (unpaired) electrons. The van der Waals surface area contributed by atoms with Gasteiger partial charge in [-0.3, -0.25) is 14.9 Å². The van der Waals surface area contributed by atoms with E-state index >= 15 is 0 Å². The lowest BCUT2D eigenvalue weighted by Gasteiger charge is -2.09. The van der Waals surface area contributed by atoms with Crippen LogP contribution in [0.4, 0.5) is 11.4 Å². The number of aryl methyl sites for hydroxylation is 4. The van der Waals surface area contributed by atoms with Gasteiger partial charge in [-0.1, -0.05) is 17.8 Å². The summed E-state index contributed by atoms with van der Waals surface area (Å²) in [5.41, 5.74) is 4.75. The van der Waals surface area contributed by atoms with E-state index in [1.165, 1.54) is 6.07 Å². The summed E-state index contributed by atoms with van der Waals surface area (Å²) >= 11 is 1.15. The van der Waals surface area contributed by atoms with Gasteiger partial charge in [0, 0.05) is 6.07 Å². The number of hydrogen-bond donors (Lipinski definition) is 1. The van der Waals surface area contributed by atoms with E-state index in [9.17, 15) is 14.9 Å². The average Bonchev–Trinajstić information content (AvgIpc) is 3.13. The maximum Gasteiger partial charge on any atom is 0.293 e. The minimum atomic E-state index is -0.504. The number of benzene rings is 2. The second-order valence-electron chi connectivity index (χ2n) is 6.69.